The van der Waals surface area contributed by atoms with Gasteiger partial charge in [-0.25, -0.2) is 8.42 Å². The van der Waals surface area contributed by atoms with Crippen molar-refractivity contribution < 1.29 is 17.9 Å². The fourth-order valence-electron chi connectivity index (χ4n) is 2.00. The van der Waals surface area contributed by atoms with Crippen LogP contribution in [0.5, 0.6) is 0 Å². The highest BCUT2D eigenvalue weighted by Gasteiger charge is 2.23. The number of ether oxygens (including phenoxy) is 1. The van der Waals surface area contributed by atoms with Gasteiger partial charge < -0.3 is 10.1 Å². The first kappa shape index (κ1) is 16.8. The highest BCUT2D eigenvalue weighted by Crippen LogP contribution is 2.30. The lowest BCUT2D eigenvalue weighted by atomic mass is 10.1. The Kier molecular flexibility index (Phi) is 5.38. The average molecular weight is 373 g/mol. The number of hydrogen-bond donors (Lipinski definition) is 1. The smallest absolute Gasteiger partial charge is 0.262 e. The summed E-state index contributed by atoms with van der Waals surface area (Å²) in [7, 11) is 1.22. The summed E-state index contributed by atoms with van der Waals surface area (Å²) in [4.78, 5) is 11.9. The van der Waals surface area contributed by atoms with E-state index in [1.807, 2.05) is 0 Å². The van der Waals surface area contributed by atoms with E-state index in [0.29, 0.717) is 26.1 Å². The predicted octanol–water partition coefficient (Wildman–Crippen LogP) is 2.83. The number of amides is 1. The molecule has 0 bridgehead atoms. The number of nitrogens with one attached hydrogen (secondary N) is 1. The van der Waals surface area contributed by atoms with Crippen molar-refractivity contribution in [3.8, 4) is 0 Å². The van der Waals surface area contributed by atoms with E-state index in [1.54, 1.807) is 0 Å². The third-order valence-electron chi connectivity index (χ3n) is 3.09. The summed E-state index contributed by atoms with van der Waals surface area (Å²) in [6.07, 6.45) is 1.38. The van der Waals surface area contributed by atoms with Crippen LogP contribution in [0.15, 0.2) is 17.0 Å². The molecule has 0 aliphatic carbocycles. The maximum atomic E-state index is 12.2. The molecule has 1 heterocycles. The molecule has 0 spiro atoms. The molecule has 21 heavy (non-hydrogen) atoms. The van der Waals surface area contributed by atoms with Gasteiger partial charge in [0.05, 0.1) is 15.6 Å². The van der Waals surface area contributed by atoms with Crippen LogP contribution in [0.4, 0.5) is 0 Å². The number of carbonyl (C=O) groups excluding carboxylic acids is 1. The minimum atomic E-state index is -4.06. The molecule has 1 amide bonds. The third kappa shape index (κ3) is 4.23. The summed E-state index contributed by atoms with van der Waals surface area (Å²) in [5.41, 5.74) is 0.0202. The first-order valence-electron chi connectivity index (χ1n) is 6.11. The number of halogens is 3. The molecule has 5 nitrogen and oxygen atoms in total. The van der Waals surface area contributed by atoms with Gasteiger partial charge in [-0.05, 0) is 25.0 Å². The number of hydrogen-bond acceptors (Lipinski definition) is 4. The van der Waals surface area contributed by atoms with Crippen molar-refractivity contribution in [2.24, 2.45) is 0 Å². The number of benzene rings is 1. The molecule has 9 heteroatoms. The van der Waals surface area contributed by atoms with Gasteiger partial charge in [0.15, 0.2) is 0 Å². The molecule has 1 saturated heterocycles. The average Bonchev–Trinajstić information content (AvgIpc) is 2.38. The highest BCUT2D eigenvalue weighted by molar-refractivity contribution is 8.13. The molecule has 2 rings (SSSR count). The van der Waals surface area contributed by atoms with E-state index < -0.39 is 15.0 Å². The molecule has 0 radical (unpaired) electrons. The molecule has 0 unspecified atom stereocenters. The van der Waals surface area contributed by atoms with Crippen molar-refractivity contribution in [3.05, 3.63) is 27.7 Å². The summed E-state index contributed by atoms with van der Waals surface area (Å²) in [5.74, 6) is -0.467. The Morgan fingerprint density at radius 2 is 1.81 bits per heavy atom. The Labute approximate surface area is 136 Å². The second-order valence-electron chi connectivity index (χ2n) is 4.56. The van der Waals surface area contributed by atoms with Crippen molar-refractivity contribution >= 4 is 48.8 Å². The van der Waals surface area contributed by atoms with Crippen molar-refractivity contribution in [2.75, 3.05) is 13.2 Å². The van der Waals surface area contributed by atoms with Crippen LogP contribution in [0.25, 0.3) is 0 Å². The van der Waals surface area contributed by atoms with E-state index in [2.05, 4.69) is 5.32 Å². The Hall–Kier alpha value is -0.530. The molecule has 1 aromatic carbocycles. The Bertz CT molecular complexity index is 657. The molecule has 1 aromatic rings. The van der Waals surface area contributed by atoms with Gasteiger partial charge in [-0.15, -0.1) is 0 Å². The van der Waals surface area contributed by atoms with Crippen LogP contribution < -0.4 is 5.32 Å². The van der Waals surface area contributed by atoms with Crippen LogP contribution in [-0.2, 0) is 13.8 Å². The van der Waals surface area contributed by atoms with E-state index in [4.69, 9.17) is 38.6 Å². The molecule has 1 aliphatic heterocycles. The van der Waals surface area contributed by atoms with Gasteiger partial charge in [-0.2, -0.15) is 0 Å². The lowest BCUT2D eigenvalue weighted by Crippen LogP contribution is -2.39. The number of rotatable bonds is 3. The molecule has 1 fully saturated rings. The third-order valence-corrected chi connectivity index (χ3v) is 5.18. The molecule has 0 saturated carbocycles. The maximum Gasteiger partial charge on any atom is 0.262 e. The minimum absolute atomic E-state index is 0.0202. The normalized spacial score (nSPS) is 16.7. The molecular formula is C12H12Cl3NO4S. The van der Waals surface area contributed by atoms with Crippen LogP contribution >= 0.6 is 33.9 Å². The van der Waals surface area contributed by atoms with E-state index >= 15 is 0 Å². The summed E-state index contributed by atoms with van der Waals surface area (Å²) >= 11 is 11.7. The monoisotopic (exact) mass is 371 g/mol. The summed E-state index contributed by atoms with van der Waals surface area (Å²) in [6.45, 7) is 1.14. The van der Waals surface area contributed by atoms with E-state index in [9.17, 15) is 13.2 Å². The van der Waals surface area contributed by atoms with E-state index in [-0.39, 0.29) is 26.5 Å². The highest BCUT2D eigenvalue weighted by atomic mass is 35.7. The molecule has 1 N–H and O–H groups in total. The Balaban J connectivity index is 2.28. The first-order valence-corrected chi connectivity index (χ1v) is 9.18. The van der Waals surface area contributed by atoms with Crippen LogP contribution in [0.3, 0.4) is 0 Å². The zero-order valence-electron chi connectivity index (χ0n) is 10.7. The van der Waals surface area contributed by atoms with Gasteiger partial charge in [0.1, 0.15) is 4.90 Å². The second-order valence-corrected chi connectivity index (χ2v) is 7.91. The van der Waals surface area contributed by atoms with Crippen LogP contribution in [0, 0.1) is 0 Å². The molecule has 1 aliphatic rings. The second kappa shape index (κ2) is 6.71. The van der Waals surface area contributed by atoms with Crippen LogP contribution in [0.2, 0.25) is 10.0 Å². The van der Waals surface area contributed by atoms with Crippen molar-refractivity contribution in [1.29, 1.82) is 0 Å². The molecule has 0 aromatic heterocycles. The lowest BCUT2D eigenvalue weighted by Gasteiger charge is -2.23. The SMILES string of the molecule is O=C(NC1CCOCC1)c1cc(S(=O)(=O)Cl)c(Cl)cc1Cl. The largest absolute Gasteiger partial charge is 0.381 e. The van der Waals surface area contributed by atoms with Gasteiger partial charge in [0.25, 0.3) is 15.0 Å². The van der Waals surface area contributed by atoms with Crippen LogP contribution in [0.1, 0.15) is 23.2 Å². The number of carbonyl (C=O) groups is 1. The fourth-order valence-corrected chi connectivity index (χ4v) is 3.82. The first-order chi connectivity index (χ1) is 9.79. The standard InChI is InChI=1S/C12H12Cl3NO4S/c13-9-6-10(14)11(21(15,18)19)5-8(9)12(17)16-7-1-3-20-4-2-7/h5-7H,1-4H2,(H,16,17). The minimum Gasteiger partial charge on any atom is -0.381 e. The van der Waals surface area contributed by atoms with Gasteiger partial charge >= 0.3 is 0 Å². The summed E-state index contributed by atoms with van der Waals surface area (Å²) in [5, 5.41) is 2.73. The zero-order valence-corrected chi connectivity index (χ0v) is 13.8. The lowest BCUT2D eigenvalue weighted by molar-refractivity contribution is 0.0696. The van der Waals surface area contributed by atoms with E-state index in [0.717, 1.165) is 6.07 Å². The Morgan fingerprint density at radius 1 is 1.19 bits per heavy atom. The Morgan fingerprint density at radius 3 is 2.38 bits per heavy atom. The molecule has 116 valence electrons. The van der Waals surface area contributed by atoms with E-state index in [1.165, 1.54) is 6.07 Å². The van der Waals surface area contributed by atoms with Gasteiger partial charge in [0, 0.05) is 29.9 Å². The maximum absolute atomic E-state index is 12.2. The van der Waals surface area contributed by atoms with Gasteiger partial charge in [-0.3, -0.25) is 4.79 Å². The quantitative estimate of drug-likeness (QED) is 0.828. The molecule has 0 atom stereocenters. The molecular weight excluding hydrogens is 361 g/mol. The predicted molar refractivity (Wildman–Crippen MR) is 80.8 cm³/mol. The summed E-state index contributed by atoms with van der Waals surface area (Å²) < 4.78 is 28.0. The topological polar surface area (TPSA) is 72.5 Å². The van der Waals surface area contributed by atoms with Crippen LogP contribution in [-0.4, -0.2) is 33.6 Å². The van der Waals surface area contributed by atoms with Crippen molar-refractivity contribution in [3.63, 3.8) is 0 Å². The summed E-state index contributed by atoms with van der Waals surface area (Å²) in [6, 6.07) is 2.24. The fraction of sp³-hybridized carbons (Fsp3) is 0.417. The van der Waals surface area contributed by atoms with Crippen molar-refractivity contribution in [2.45, 2.75) is 23.8 Å². The zero-order chi connectivity index (χ0) is 15.6. The van der Waals surface area contributed by atoms with Crippen molar-refractivity contribution in [1.82, 2.24) is 5.32 Å². The van der Waals surface area contributed by atoms with Gasteiger partial charge in [0.2, 0.25) is 0 Å². The van der Waals surface area contributed by atoms with Gasteiger partial charge in [-0.1, -0.05) is 23.2 Å².